The molecule has 0 aliphatic carbocycles. The summed E-state index contributed by atoms with van der Waals surface area (Å²) in [5.74, 6) is 0.651. The van der Waals surface area contributed by atoms with Gasteiger partial charge in [0.15, 0.2) is 5.22 Å². The van der Waals surface area contributed by atoms with Gasteiger partial charge >= 0.3 is 0 Å². The molecule has 1 N–H and O–H groups in total. The first-order valence-corrected chi connectivity index (χ1v) is 4.80. The summed E-state index contributed by atoms with van der Waals surface area (Å²) in [6.45, 7) is 5.95. The van der Waals surface area contributed by atoms with E-state index in [0.29, 0.717) is 17.5 Å². The van der Waals surface area contributed by atoms with Gasteiger partial charge in [-0.2, -0.15) is 0 Å². The molecule has 0 fully saturated rings. The van der Waals surface area contributed by atoms with Crippen LogP contribution in [0.25, 0.3) is 0 Å². The van der Waals surface area contributed by atoms with E-state index in [1.807, 2.05) is 20.8 Å². The van der Waals surface area contributed by atoms with E-state index in [-0.39, 0.29) is 11.3 Å². The average molecular weight is 216 g/mol. The summed E-state index contributed by atoms with van der Waals surface area (Å²) in [5.41, 5.74) is -0.379. The normalized spacial score (nSPS) is 11.4. The second-order valence-electron chi connectivity index (χ2n) is 4.14. The summed E-state index contributed by atoms with van der Waals surface area (Å²) in [5, 5.41) is 3.10. The largest absolute Gasteiger partial charge is 0.448 e. The fourth-order valence-electron chi connectivity index (χ4n) is 0.879. The van der Waals surface area contributed by atoms with Crippen LogP contribution >= 0.6 is 11.6 Å². The lowest BCUT2D eigenvalue weighted by molar-refractivity contribution is -0.128. The minimum Gasteiger partial charge on any atom is -0.448 e. The van der Waals surface area contributed by atoms with Crippen molar-refractivity contribution in [1.29, 1.82) is 0 Å². The first-order chi connectivity index (χ1) is 6.39. The molecule has 3 nitrogen and oxygen atoms in total. The highest BCUT2D eigenvalue weighted by Crippen LogP contribution is 2.15. The maximum atomic E-state index is 11.5. The lowest BCUT2D eigenvalue weighted by Gasteiger charge is -2.16. The van der Waals surface area contributed by atoms with Crippen LogP contribution in [-0.4, -0.2) is 5.91 Å². The smallest absolute Gasteiger partial charge is 0.225 e. The highest BCUT2D eigenvalue weighted by atomic mass is 35.5. The summed E-state index contributed by atoms with van der Waals surface area (Å²) >= 11 is 5.59. The zero-order chi connectivity index (χ0) is 10.8. The number of carbonyl (C=O) groups is 1. The van der Waals surface area contributed by atoms with Crippen LogP contribution in [0.5, 0.6) is 0 Å². The highest BCUT2D eigenvalue weighted by molar-refractivity contribution is 6.28. The van der Waals surface area contributed by atoms with E-state index in [9.17, 15) is 4.79 Å². The van der Waals surface area contributed by atoms with E-state index in [2.05, 4.69) is 5.32 Å². The van der Waals surface area contributed by atoms with Crippen molar-refractivity contribution < 1.29 is 9.21 Å². The summed E-state index contributed by atoms with van der Waals surface area (Å²) in [6, 6.07) is 3.39. The molecular weight excluding hydrogens is 202 g/mol. The van der Waals surface area contributed by atoms with Crippen LogP contribution < -0.4 is 5.32 Å². The molecule has 0 spiro atoms. The second-order valence-corrected chi connectivity index (χ2v) is 4.51. The lowest BCUT2D eigenvalue weighted by Crippen LogP contribution is -2.34. The minimum absolute atomic E-state index is 0.00924. The van der Waals surface area contributed by atoms with Crippen LogP contribution in [-0.2, 0) is 11.3 Å². The van der Waals surface area contributed by atoms with Crippen molar-refractivity contribution in [3.05, 3.63) is 23.1 Å². The standard InChI is InChI=1S/C10H14ClNO2/c1-10(2,3)9(13)12-6-7-4-5-8(11)14-7/h4-5H,6H2,1-3H3,(H,12,13). The van der Waals surface area contributed by atoms with Gasteiger partial charge in [-0.1, -0.05) is 20.8 Å². The Morgan fingerprint density at radius 1 is 1.50 bits per heavy atom. The molecule has 0 aliphatic heterocycles. The minimum atomic E-state index is -0.379. The van der Waals surface area contributed by atoms with Crippen molar-refractivity contribution in [3.8, 4) is 0 Å². The SMILES string of the molecule is CC(C)(C)C(=O)NCc1ccc(Cl)o1. The maximum Gasteiger partial charge on any atom is 0.225 e. The molecule has 78 valence electrons. The van der Waals surface area contributed by atoms with Crippen LogP contribution in [0.15, 0.2) is 16.5 Å². The van der Waals surface area contributed by atoms with Crippen molar-refractivity contribution >= 4 is 17.5 Å². The zero-order valence-corrected chi connectivity index (χ0v) is 9.31. The number of furan rings is 1. The zero-order valence-electron chi connectivity index (χ0n) is 8.56. The quantitative estimate of drug-likeness (QED) is 0.824. The fraction of sp³-hybridized carbons (Fsp3) is 0.500. The van der Waals surface area contributed by atoms with Gasteiger partial charge in [0.05, 0.1) is 6.54 Å². The Kier molecular flexibility index (Phi) is 3.21. The molecule has 1 heterocycles. The van der Waals surface area contributed by atoms with Gasteiger partial charge in [-0.05, 0) is 23.7 Å². The number of halogens is 1. The number of hydrogen-bond acceptors (Lipinski definition) is 2. The predicted molar refractivity (Wildman–Crippen MR) is 55.0 cm³/mol. The summed E-state index contributed by atoms with van der Waals surface area (Å²) in [6.07, 6.45) is 0. The third-order valence-corrected chi connectivity index (χ3v) is 1.94. The number of amides is 1. The Labute approximate surface area is 88.4 Å². The topological polar surface area (TPSA) is 42.2 Å². The fourth-order valence-corrected chi connectivity index (χ4v) is 1.04. The number of rotatable bonds is 2. The predicted octanol–water partition coefficient (Wildman–Crippen LogP) is 2.60. The van der Waals surface area contributed by atoms with Gasteiger partial charge in [-0.15, -0.1) is 0 Å². The van der Waals surface area contributed by atoms with E-state index in [0.717, 1.165) is 0 Å². The average Bonchev–Trinajstić information content (AvgIpc) is 2.45. The monoisotopic (exact) mass is 215 g/mol. The molecule has 0 saturated heterocycles. The van der Waals surface area contributed by atoms with Crippen LogP contribution in [0.4, 0.5) is 0 Å². The molecule has 1 rings (SSSR count). The molecule has 0 bridgehead atoms. The molecule has 1 aromatic rings. The van der Waals surface area contributed by atoms with Gasteiger partial charge in [-0.25, -0.2) is 0 Å². The van der Waals surface area contributed by atoms with Crippen molar-refractivity contribution in [2.24, 2.45) is 5.41 Å². The van der Waals surface area contributed by atoms with Gasteiger partial charge in [0.25, 0.3) is 0 Å². The molecule has 1 amide bonds. The summed E-state index contributed by atoms with van der Waals surface area (Å²) < 4.78 is 5.10. The second kappa shape index (κ2) is 4.05. The first-order valence-electron chi connectivity index (χ1n) is 4.42. The number of nitrogens with one attached hydrogen (secondary N) is 1. The summed E-state index contributed by atoms with van der Waals surface area (Å²) in [7, 11) is 0. The van der Waals surface area contributed by atoms with Crippen LogP contribution in [0.1, 0.15) is 26.5 Å². The van der Waals surface area contributed by atoms with Crippen molar-refractivity contribution in [3.63, 3.8) is 0 Å². The molecule has 0 atom stereocenters. The molecule has 1 aromatic heterocycles. The Hall–Kier alpha value is -0.960. The number of carbonyl (C=O) groups excluding carboxylic acids is 1. The van der Waals surface area contributed by atoms with Gasteiger partial charge in [0, 0.05) is 5.41 Å². The first kappa shape index (κ1) is 11.1. The van der Waals surface area contributed by atoms with Crippen molar-refractivity contribution in [2.75, 3.05) is 0 Å². The Morgan fingerprint density at radius 2 is 2.14 bits per heavy atom. The van der Waals surface area contributed by atoms with Crippen molar-refractivity contribution in [1.82, 2.24) is 5.32 Å². The lowest BCUT2D eigenvalue weighted by atomic mass is 9.96. The Morgan fingerprint density at radius 3 is 2.57 bits per heavy atom. The molecule has 0 radical (unpaired) electrons. The molecule has 0 saturated carbocycles. The molecule has 14 heavy (non-hydrogen) atoms. The number of hydrogen-bond donors (Lipinski definition) is 1. The van der Waals surface area contributed by atoms with Crippen LogP contribution in [0.3, 0.4) is 0 Å². The van der Waals surface area contributed by atoms with E-state index >= 15 is 0 Å². The van der Waals surface area contributed by atoms with E-state index < -0.39 is 0 Å². The highest BCUT2D eigenvalue weighted by Gasteiger charge is 2.20. The molecule has 0 aliphatic rings. The third kappa shape index (κ3) is 3.07. The van der Waals surface area contributed by atoms with E-state index in [1.54, 1.807) is 12.1 Å². The molecular formula is C10H14ClNO2. The van der Waals surface area contributed by atoms with Crippen LogP contribution in [0.2, 0.25) is 5.22 Å². The molecule has 0 unspecified atom stereocenters. The molecule has 0 aromatic carbocycles. The molecule has 4 heteroatoms. The van der Waals surface area contributed by atoms with Gasteiger partial charge in [0.2, 0.25) is 5.91 Å². The Balaban J connectivity index is 2.46. The van der Waals surface area contributed by atoms with Gasteiger partial charge < -0.3 is 9.73 Å². The van der Waals surface area contributed by atoms with Gasteiger partial charge in [-0.3, -0.25) is 4.79 Å². The van der Waals surface area contributed by atoms with Crippen molar-refractivity contribution in [2.45, 2.75) is 27.3 Å². The third-order valence-electron chi connectivity index (χ3n) is 1.73. The van der Waals surface area contributed by atoms with E-state index in [1.165, 1.54) is 0 Å². The Bertz CT molecular complexity index is 325. The van der Waals surface area contributed by atoms with E-state index in [4.69, 9.17) is 16.0 Å². The maximum absolute atomic E-state index is 11.5. The van der Waals surface area contributed by atoms with Crippen LogP contribution in [0, 0.1) is 5.41 Å². The van der Waals surface area contributed by atoms with Gasteiger partial charge in [0.1, 0.15) is 5.76 Å². The summed E-state index contributed by atoms with van der Waals surface area (Å²) in [4.78, 5) is 11.5.